The summed E-state index contributed by atoms with van der Waals surface area (Å²) >= 11 is 0. The zero-order valence-electron chi connectivity index (χ0n) is 10.4. The van der Waals surface area contributed by atoms with E-state index in [1.54, 1.807) is 13.8 Å². The zero-order chi connectivity index (χ0) is 12.4. The van der Waals surface area contributed by atoms with Gasteiger partial charge in [0.15, 0.2) is 5.41 Å². The van der Waals surface area contributed by atoms with Crippen molar-refractivity contribution in [3.63, 3.8) is 0 Å². The summed E-state index contributed by atoms with van der Waals surface area (Å²) in [4.78, 5) is 23.9. The fourth-order valence-electron chi connectivity index (χ4n) is 2.49. The van der Waals surface area contributed by atoms with Gasteiger partial charge in [-0.05, 0) is 17.8 Å². The number of carbonyl (C=O) groups is 2. The van der Waals surface area contributed by atoms with Gasteiger partial charge in [-0.15, -0.1) is 0 Å². The van der Waals surface area contributed by atoms with Gasteiger partial charge in [-0.25, -0.2) is 0 Å². The lowest BCUT2D eigenvalue weighted by atomic mass is 9.84. The highest BCUT2D eigenvalue weighted by Crippen LogP contribution is 2.64. The Bertz CT molecular complexity index is 342. The molecule has 0 aromatic rings. The fraction of sp³-hybridized carbons (Fsp3) is 0.833. The second kappa shape index (κ2) is 2.79. The predicted octanol–water partition coefficient (Wildman–Crippen LogP) is 1.87. The fourth-order valence-corrected chi connectivity index (χ4v) is 2.49. The van der Waals surface area contributed by atoms with E-state index in [-0.39, 0.29) is 11.3 Å². The number of hydrogen-bond donors (Lipinski definition) is 0. The van der Waals surface area contributed by atoms with Crippen molar-refractivity contribution >= 4 is 11.9 Å². The summed E-state index contributed by atoms with van der Waals surface area (Å²) in [5.74, 6) is -1.94. The normalized spacial score (nSPS) is 30.9. The first-order chi connectivity index (χ1) is 7.09. The molecule has 1 saturated carbocycles. The molecule has 0 radical (unpaired) electrons. The van der Waals surface area contributed by atoms with Gasteiger partial charge in [-0.1, -0.05) is 20.8 Å². The Hall–Kier alpha value is -1.06. The van der Waals surface area contributed by atoms with Crippen LogP contribution in [0.25, 0.3) is 0 Å². The van der Waals surface area contributed by atoms with Crippen molar-refractivity contribution in [3.8, 4) is 0 Å². The number of rotatable bonds is 0. The van der Waals surface area contributed by atoms with Gasteiger partial charge < -0.3 is 9.47 Å². The van der Waals surface area contributed by atoms with Gasteiger partial charge >= 0.3 is 11.9 Å². The predicted molar refractivity (Wildman–Crippen MR) is 56.3 cm³/mol. The lowest BCUT2D eigenvalue weighted by Crippen LogP contribution is -2.49. The molecule has 1 atom stereocenters. The van der Waals surface area contributed by atoms with Gasteiger partial charge in [0.05, 0.1) is 0 Å². The molecule has 1 heterocycles. The summed E-state index contributed by atoms with van der Waals surface area (Å²) in [7, 11) is 0. The second-order valence-corrected chi connectivity index (χ2v) is 6.27. The molecule has 2 aliphatic rings. The molecule has 4 nitrogen and oxygen atoms in total. The molecule has 0 N–H and O–H groups in total. The highest BCUT2D eigenvalue weighted by Gasteiger charge is 2.74. The summed E-state index contributed by atoms with van der Waals surface area (Å²) < 4.78 is 10.3. The van der Waals surface area contributed by atoms with Crippen LogP contribution in [-0.4, -0.2) is 17.7 Å². The van der Waals surface area contributed by atoms with Crippen molar-refractivity contribution in [3.05, 3.63) is 0 Å². The van der Waals surface area contributed by atoms with Gasteiger partial charge in [0, 0.05) is 13.8 Å². The van der Waals surface area contributed by atoms with Gasteiger partial charge in [0.1, 0.15) is 0 Å². The quantitative estimate of drug-likeness (QED) is 0.467. The molecule has 90 valence electrons. The molecule has 1 aliphatic carbocycles. The minimum Gasteiger partial charge on any atom is -0.422 e. The molecule has 0 bridgehead atoms. The number of cyclic esters (lactones) is 2. The van der Waals surface area contributed by atoms with E-state index in [4.69, 9.17) is 9.47 Å². The van der Waals surface area contributed by atoms with E-state index in [2.05, 4.69) is 0 Å². The topological polar surface area (TPSA) is 52.6 Å². The SMILES string of the molecule is CC1(C)OC(=O)C2(CC2C(C)(C)C)C(=O)O1. The van der Waals surface area contributed by atoms with Crippen LogP contribution in [0.1, 0.15) is 41.0 Å². The first-order valence-electron chi connectivity index (χ1n) is 5.56. The standard InChI is InChI=1S/C12H18O4/c1-10(2,3)7-6-12(7)8(13)15-11(4,5)16-9(12)14/h7H,6H2,1-5H3. The summed E-state index contributed by atoms with van der Waals surface area (Å²) in [5.41, 5.74) is -1.10. The van der Waals surface area contributed by atoms with Crippen molar-refractivity contribution in [2.45, 2.75) is 46.8 Å². The lowest BCUT2D eigenvalue weighted by Gasteiger charge is -2.35. The van der Waals surface area contributed by atoms with Crippen molar-refractivity contribution in [1.29, 1.82) is 0 Å². The number of esters is 2. The Morgan fingerprint density at radius 3 is 1.88 bits per heavy atom. The average molecular weight is 226 g/mol. The van der Waals surface area contributed by atoms with Crippen LogP contribution in [0, 0.1) is 16.7 Å². The van der Waals surface area contributed by atoms with Crippen LogP contribution < -0.4 is 0 Å². The molecule has 1 unspecified atom stereocenters. The summed E-state index contributed by atoms with van der Waals surface area (Å²) in [6.07, 6.45) is 0.546. The molecule has 1 aliphatic heterocycles. The van der Waals surface area contributed by atoms with Crippen molar-refractivity contribution in [2.24, 2.45) is 16.7 Å². The first kappa shape index (κ1) is 11.4. The molecule has 1 saturated heterocycles. The highest BCUT2D eigenvalue weighted by molar-refractivity contribution is 6.05. The molecule has 1 spiro atoms. The van der Waals surface area contributed by atoms with E-state index in [9.17, 15) is 9.59 Å². The van der Waals surface area contributed by atoms with Crippen LogP contribution in [-0.2, 0) is 19.1 Å². The molecule has 2 rings (SSSR count). The first-order valence-corrected chi connectivity index (χ1v) is 5.56. The maximum Gasteiger partial charge on any atom is 0.327 e. The van der Waals surface area contributed by atoms with Crippen LogP contribution in [0.3, 0.4) is 0 Å². The minimum atomic E-state index is -1.12. The van der Waals surface area contributed by atoms with E-state index < -0.39 is 23.1 Å². The summed E-state index contributed by atoms with van der Waals surface area (Å²) in [6, 6.07) is 0. The Morgan fingerprint density at radius 2 is 1.56 bits per heavy atom. The second-order valence-electron chi connectivity index (χ2n) is 6.27. The van der Waals surface area contributed by atoms with Crippen LogP contribution in [0.15, 0.2) is 0 Å². The van der Waals surface area contributed by atoms with Crippen molar-refractivity contribution < 1.29 is 19.1 Å². The van der Waals surface area contributed by atoms with E-state index in [1.807, 2.05) is 20.8 Å². The van der Waals surface area contributed by atoms with E-state index in [0.29, 0.717) is 6.42 Å². The lowest BCUT2D eigenvalue weighted by molar-refractivity contribution is -0.244. The zero-order valence-corrected chi connectivity index (χ0v) is 10.4. The Morgan fingerprint density at radius 1 is 1.12 bits per heavy atom. The average Bonchev–Trinajstić information content (AvgIpc) is 2.72. The minimum absolute atomic E-state index is 0.0242. The maximum absolute atomic E-state index is 11.9. The monoisotopic (exact) mass is 226 g/mol. The van der Waals surface area contributed by atoms with Crippen LogP contribution >= 0.6 is 0 Å². The molecular weight excluding hydrogens is 208 g/mol. The van der Waals surface area contributed by atoms with Gasteiger partial charge in [0.25, 0.3) is 5.79 Å². The third-order valence-corrected chi connectivity index (χ3v) is 3.41. The Labute approximate surface area is 95.3 Å². The summed E-state index contributed by atoms with van der Waals surface area (Å²) in [5, 5.41) is 0. The van der Waals surface area contributed by atoms with Gasteiger partial charge in [-0.3, -0.25) is 9.59 Å². The Balaban J connectivity index is 2.27. The molecule has 2 fully saturated rings. The maximum atomic E-state index is 11.9. The molecule has 0 aromatic heterocycles. The highest BCUT2D eigenvalue weighted by atomic mass is 16.7. The van der Waals surface area contributed by atoms with Crippen LogP contribution in [0.5, 0.6) is 0 Å². The van der Waals surface area contributed by atoms with Gasteiger partial charge in [-0.2, -0.15) is 0 Å². The van der Waals surface area contributed by atoms with Gasteiger partial charge in [0.2, 0.25) is 0 Å². The molecule has 0 aromatic carbocycles. The molecule has 0 amide bonds. The van der Waals surface area contributed by atoms with Crippen molar-refractivity contribution in [2.75, 3.05) is 0 Å². The number of carbonyl (C=O) groups excluding carboxylic acids is 2. The van der Waals surface area contributed by atoms with E-state index >= 15 is 0 Å². The smallest absolute Gasteiger partial charge is 0.327 e. The summed E-state index contributed by atoms with van der Waals surface area (Å²) in [6.45, 7) is 9.21. The largest absolute Gasteiger partial charge is 0.422 e. The van der Waals surface area contributed by atoms with Crippen LogP contribution in [0.2, 0.25) is 0 Å². The van der Waals surface area contributed by atoms with Crippen molar-refractivity contribution in [1.82, 2.24) is 0 Å². The number of hydrogen-bond acceptors (Lipinski definition) is 4. The van der Waals surface area contributed by atoms with E-state index in [0.717, 1.165) is 0 Å². The number of ether oxygens (including phenoxy) is 2. The molecule has 16 heavy (non-hydrogen) atoms. The Kier molecular flexibility index (Phi) is 1.99. The molecular formula is C12H18O4. The molecule has 4 heteroatoms. The third kappa shape index (κ3) is 1.43. The third-order valence-electron chi connectivity index (χ3n) is 3.41. The van der Waals surface area contributed by atoms with E-state index in [1.165, 1.54) is 0 Å². The van der Waals surface area contributed by atoms with Crippen LogP contribution in [0.4, 0.5) is 0 Å².